The van der Waals surface area contributed by atoms with E-state index in [1.54, 1.807) is 38.7 Å². The van der Waals surface area contributed by atoms with Crippen molar-refractivity contribution in [3.63, 3.8) is 0 Å². The van der Waals surface area contributed by atoms with E-state index < -0.39 is 17.3 Å². The van der Waals surface area contributed by atoms with Gasteiger partial charge in [0.05, 0.1) is 35.6 Å². The van der Waals surface area contributed by atoms with Crippen molar-refractivity contribution < 1.29 is 22.7 Å². The van der Waals surface area contributed by atoms with Gasteiger partial charge in [-0.15, -0.1) is 0 Å². The number of hydrogen-bond donors (Lipinski definition) is 2. The number of amides is 1. The Balaban J connectivity index is 1.52. The summed E-state index contributed by atoms with van der Waals surface area (Å²) >= 11 is 0. The highest BCUT2D eigenvalue weighted by molar-refractivity contribution is 5.92. The summed E-state index contributed by atoms with van der Waals surface area (Å²) in [5.41, 5.74) is -0.176. The van der Waals surface area contributed by atoms with Gasteiger partial charge >= 0.3 is 6.18 Å². The van der Waals surface area contributed by atoms with Crippen LogP contribution in [-0.4, -0.2) is 72.2 Å². The van der Waals surface area contributed by atoms with Crippen molar-refractivity contribution in [3.8, 4) is 0 Å². The molecule has 192 valence electrons. The van der Waals surface area contributed by atoms with E-state index >= 15 is 0 Å². The fourth-order valence-corrected chi connectivity index (χ4v) is 4.62. The van der Waals surface area contributed by atoms with Gasteiger partial charge in [-0.1, -0.05) is 0 Å². The molecule has 1 saturated heterocycles. The maximum Gasteiger partial charge on any atom is 0.422 e. The SMILES string of the molecule is CNC(=O)c1ccc(N2CCN(Cc3cnc4c(C)c(C(F)(F)F)c(=O)[nH]c4c3)CC2COC)cn1. The number of hydrogen-bond acceptors (Lipinski definition) is 7. The van der Waals surface area contributed by atoms with E-state index in [-0.39, 0.29) is 28.5 Å². The molecule has 4 rings (SSSR count). The lowest BCUT2D eigenvalue weighted by molar-refractivity contribution is -0.139. The van der Waals surface area contributed by atoms with E-state index in [0.717, 1.165) is 11.3 Å². The molecule has 1 aliphatic rings. The summed E-state index contributed by atoms with van der Waals surface area (Å²) in [5.74, 6) is -0.255. The zero-order chi connectivity index (χ0) is 26.0. The summed E-state index contributed by atoms with van der Waals surface area (Å²) in [6.45, 7) is 4.28. The first kappa shape index (κ1) is 25.6. The standard InChI is InChI=1S/C24H27F3N6O3/c1-14-20(24(25,26)27)23(35)31-19-8-15(9-30-21(14)19)11-32-6-7-33(17(12-32)13-36-3)16-4-5-18(29-10-16)22(34)28-2/h4-5,8-10,17H,6-7,11-13H2,1-3H3,(H,28,34)(H,31,35). The van der Waals surface area contributed by atoms with Gasteiger partial charge in [0.2, 0.25) is 0 Å². The maximum atomic E-state index is 13.3. The van der Waals surface area contributed by atoms with Gasteiger partial charge < -0.3 is 19.9 Å². The average Bonchev–Trinajstić information content (AvgIpc) is 2.83. The Morgan fingerprint density at radius 1 is 1.25 bits per heavy atom. The number of carbonyl (C=O) groups excluding carboxylic acids is 1. The number of carbonyl (C=O) groups is 1. The third-order valence-electron chi connectivity index (χ3n) is 6.30. The zero-order valence-electron chi connectivity index (χ0n) is 20.1. The number of rotatable bonds is 6. The van der Waals surface area contributed by atoms with Crippen LogP contribution in [0.5, 0.6) is 0 Å². The van der Waals surface area contributed by atoms with Crippen LogP contribution in [0.4, 0.5) is 18.9 Å². The number of nitrogens with zero attached hydrogens (tertiary/aromatic N) is 4. The molecule has 1 fully saturated rings. The second-order valence-electron chi connectivity index (χ2n) is 8.71. The lowest BCUT2D eigenvalue weighted by Gasteiger charge is -2.42. The number of halogens is 3. The van der Waals surface area contributed by atoms with Gasteiger partial charge in [0.1, 0.15) is 11.3 Å². The van der Waals surface area contributed by atoms with Crippen LogP contribution in [0.15, 0.2) is 35.4 Å². The van der Waals surface area contributed by atoms with Crippen LogP contribution < -0.4 is 15.8 Å². The number of fused-ring (bicyclic) bond motifs is 1. The number of methoxy groups -OCH3 is 1. The highest BCUT2D eigenvalue weighted by atomic mass is 19.4. The van der Waals surface area contributed by atoms with Crippen LogP contribution in [0, 0.1) is 6.92 Å². The molecule has 1 unspecified atom stereocenters. The van der Waals surface area contributed by atoms with E-state index in [9.17, 15) is 22.8 Å². The summed E-state index contributed by atoms with van der Waals surface area (Å²) < 4.78 is 45.2. The van der Waals surface area contributed by atoms with E-state index in [0.29, 0.717) is 38.5 Å². The number of aromatic amines is 1. The zero-order valence-corrected chi connectivity index (χ0v) is 20.1. The van der Waals surface area contributed by atoms with E-state index in [1.165, 1.54) is 6.92 Å². The minimum absolute atomic E-state index is 0.0150. The predicted octanol–water partition coefficient (Wildman–Crippen LogP) is 2.34. The number of H-pyrrole nitrogens is 1. The molecule has 4 heterocycles. The van der Waals surface area contributed by atoms with E-state index in [2.05, 4.69) is 30.1 Å². The Labute approximate surface area is 205 Å². The molecule has 36 heavy (non-hydrogen) atoms. The Morgan fingerprint density at radius 2 is 2.03 bits per heavy atom. The van der Waals surface area contributed by atoms with Crippen molar-refractivity contribution in [1.29, 1.82) is 0 Å². The number of aromatic nitrogens is 3. The largest absolute Gasteiger partial charge is 0.422 e. The minimum Gasteiger partial charge on any atom is -0.383 e. The summed E-state index contributed by atoms with van der Waals surface area (Å²) in [4.78, 5) is 39.1. The molecular weight excluding hydrogens is 477 g/mol. The number of nitrogens with one attached hydrogen (secondary N) is 2. The second kappa shape index (κ2) is 10.2. The fourth-order valence-electron chi connectivity index (χ4n) is 4.62. The first-order chi connectivity index (χ1) is 17.1. The first-order valence-electron chi connectivity index (χ1n) is 11.4. The fraction of sp³-hybridized carbons (Fsp3) is 0.417. The normalized spacial score (nSPS) is 16.9. The molecule has 0 aliphatic carbocycles. The molecule has 3 aromatic heterocycles. The summed E-state index contributed by atoms with van der Waals surface area (Å²) in [6, 6.07) is 5.23. The third-order valence-corrected chi connectivity index (χ3v) is 6.30. The number of alkyl halides is 3. The van der Waals surface area contributed by atoms with Gasteiger partial charge in [-0.3, -0.25) is 19.5 Å². The van der Waals surface area contributed by atoms with Crippen molar-refractivity contribution in [2.45, 2.75) is 25.7 Å². The van der Waals surface area contributed by atoms with Crippen molar-refractivity contribution in [3.05, 3.63) is 63.3 Å². The molecular formula is C24H27F3N6O3. The molecule has 0 radical (unpaired) electrons. The summed E-state index contributed by atoms with van der Waals surface area (Å²) in [7, 11) is 3.18. The molecule has 12 heteroatoms. The van der Waals surface area contributed by atoms with Crippen LogP contribution in [0.2, 0.25) is 0 Å². The van der Waals surface area contributed by atoms with Gasteiger partial charge in [0.25, 0.3) is 11.5 Å². The smallest absolute Gasteiger partial charge is 0.383 e. The number of ether oxygens (including phenoxy) is 1. The predicted molar refractivity (Wildman–Crippen MR) is 128 cm³/mol. The van der Waals surface area contributed by atoms with Crippen molar-refractivity contribution in [1.82, 2.24) is 25.2 Å². The second-order valence-corrected chi connectivity index (χ2v) is 8.71. The highest BCUT2D eigenvalue weighted by Crippen LogP contribution is 2.31. The Kier molecular flexibility index (Phi) is 7.27. The van der Waals surface area contributed by atoms with Crippen LogP contribution in [0.3, 0.4) is 0 Å². The first-order valence-corrected chi connectivity index (χ1v) is 11.4. The van der Waals surface area contributed by atoms with Gasteiger partial charge in [-0.2, -0.15) is 13.2 Å². The molecule has 9 nitrogen and oxygen atoms in total. The number of anilines is 1. The molecule has 1 aliphatic heterocycles. The maximum absolute atomic E-state index is 13.3. The molecule has 0 spiro atoms. The van der Waals surface area contributed by atoms with Crippen LogP contribution in [0.25, 0.3) is 11.0 Å². The molecule has 3 aromatic rings. The Hall–Kier alpha value is -3.51. The summed E-state index contributed by atoms with van der Waals surface area (Å²) in [5, 5.41) is 2.55. The van der Waals surface area contributed by atoms with Gasteiger partial charge in [-0.05, 0) is 36.2 Å². The van der Waals surface area contributed by atoms with Gasteiger partial charge in [0.15, 0.2) is 0 Å². The summed E-state index contributed by atoms with van der Waals surface area (Å²) in [6.07, 6.45) is -1.53. The lowest BCUT2D eigenvalue weighted by Crippen LogP contribution is -2.54. The van der Waals surface area contributed by atoms with E-state index in [4.69, 9.17) is 4.74 Å². The topological polar surface area (TPSA) is 103 Å². The molecule has 2 N–H and O–H groups in total. The van der Waals surface area contributed by atoms with Gasteiger partial charge in [0, 0.05) is 46.5 Å². The highest BCUT2D eigenvalue weighted by Gasteiger charge is 2.37. The van der Waals surface area contributed by atoms with E-state index in [1.807, 2.05) is 6.07 Å². The van der Waals surface area contributed by atoms with Gasteiger partial charge in [-0.25, -0.2) is 4.98 Å². The Morgan fingerprint density at radius 3 is 2.67 bits per heavy atom. The Bertz CT molecular complexity index is 1310. The van der Waals surface area contributed by atoms with Crippen molar-refractivity contribution >= 4 is 22.6 Å². The third kappa shape index (κ3) is 5.19. The van der Waals surface area contributed by atoms with Crippen LogP contribution >= 0.6 is 0 Å². The molecule has 1 amide bonds. The monoisotopic (exact) mass is 504 g/mol. The minimum atomic E-state index is -4.75. The van der Waals surface area contributed by atoms with Crippen LogP contribution in [-0.2, 0) is 17.5 Å². The molecule has 1 atom stereocenters. The van der Waals surface area contributed by atoms with Crippen molar-refractivity contribution in [2.75, 3.05) is 45.3 Å². The molecule has 0 aromatic carbocycles. The quantitative estimate of drug-likeness (QED) is 0.531. The number of pyridine rings is 3. The average molecular weight is 505 g/mol. The number of piperazine rings is 1. The molecule has 0 bridgehead atoms. The number of aryl methyl sites for hydroxylation is 1. The lowest BCUT2D eigenvalue weighted by atomic mass is 10.1. The van der Waals surface area contributed by atoms with Crippen molar-refractivity contribution in [2.24, 2.45) is 0 Å². The van der Waals surface area contributed by atoms with Crippen LogP contribution in [0.1, 0.15) is 27.2 Å². The molecule has 0 saturated carbocycles.